The van der Waals surface area contributed by atoms with Gasteiger partial charge < -0.3 is 19.5 Å². The lowest BCUT2D eigenvalue weighted by molar-refractivity contribution is -0.132. The molecule has 0 fully saturated rings. The Bertz CT molecular complexity index is 827. The molecule has 2 aromatic rings. The summed E-state index contributed by atoms with van der Waals surface area (Å²) in [4.78, 5) is 14.9. The van der Waals surface area contributed by atoms with Crippen molar-refractivity contribution >= 4 is 5.91 Å². The second kappa shape index (κ2) is 20.7. The molecule has 0 spiro atoms. The third-order valence-corrected chi connectivity index (χ3v) is 6.60. The van der Waals surface area contributed by atoms with E-state index in [-0.39, 0.29) is 12.5 Å². The first-order chi connectivity index (χ1) is 18.2. The monoisotopic (exact) mass is 511 g/mol. The number of unbranched alkanes of at least 4 members (excludes halogenated alkanes) is 8. The van der Waals surface area contributed by atoms with Crippen LogP contribution in [0.1, 0.15) is 88.7 Å². The van der Waals surface area contributed by atoms with E-state index in [1.165, 1.54) is 44.9 Å². The van der Waals surface area contributed by atoms with Gasteiger partial charge in [-0.05, 0) is 48.9 Å². The maximum Gasteiger partial charge on any atom is 0.222 e. The zero-order chi connectivity index (χ0) is 26.4. The molecular weight excluding hydrogens is 462 g/mol. The maximum atomic E-state index is 13.0. The highest BCUT2D eigenvalue weighted by molar-refractivity contribution is 5.76. The largest absolute Gasteiger partial charge is 0.494 e. The van der Waals surface area contributed by atoms with Gasteiger partial charge in [0.05, 0.1) is 19.8 Å². The van der Waals surface area contributed by atoms with Crippen molar-refractivity contribution in [2.75, 3.05) is 32.9 Å². The molecule has 0 heterocycles. The topological polar surface area (TPSA) is 59.0 Å². The standard InChI is InChI=1S/C32H49NO4/c1-2-3-4-5-6-7-8-14-25-37-31-19-15-18-29(27-31)20-21-32(35)33(22-12-13-24-34)23-26-36-28-30-16-10-9-11-17-30/h9-11,15-19,27,34H,2-8,12-14,20-26,28H2,1H3. The quantitative estimate of drug-likeness (QED) is 0.174. The average Bonchev–Trinajstić information content (AvgIpc) is 2.93. The van der Waals surface area contributed by atoms with Crippen LogP contribution in [0.5, 0.6) is 5.75 Å². The van der Waals surface area contributed by atoms with E-state index in [9.17, 15) is 4.79 Å². The number of carbonyl (C=O) groups excluding carboxylic acids is 1. The molecule has 37 heavy (non-hydrogen) atoms. The van der Waals surface area contributed by atoms with Crippen LogP contribution in [0, 0.1) is 0 Å². The summed E-state index contributed by atoms with van der Waals surface area (Å²) in [5, 5.41) is 9.14. The SMILES string of the molecule is CCCCCCCCCCOc1cccc(CCC(=O)N(CCCCO)CCOCc2ccccc2)c1. The Hall–Kier alpha value is -2.37. The van der Waals surface area contributed by atoms with E-state index in [2.05, 4.69) is 19.1 Å². The van der Waals surface area contributed by atoms with Gasteiger partial charge in [0.25, 0.3) is 0 Å². The van der Waals surface area contributed by atoms with Crippen molar-refractivity contribution in [3.8, 4) is 5.75 Å². The van der Waals surface area contributed by atoms with Crippen LogP contribution >= 0.6 is 0 Å². The molecule has 0 saturated carbocycles. The Labute approximate surface area is 225 Å². The van der Waals surface area contributed by atoms with E-state index < -0.39 is 0 Å². The van der Waals surface area contributed by atoms with Crippen LogP contribution in [-0.2, 0) is 22.6 Å². The third kappa shape index (κ3) is 14.8. The number of carbonyl (C=O) groups is 1. The second-order valence-corrected chi connectivity index (χ2v) is 9.82. The first-order valence-corrected chi connectivity index (χ1v) is 14.4. The fourth-order valence-corrected chi connectivity index (χ4v) is 4.34. The molecule has 2 rings (SSSR count). The molecule has 0 aromatic heterocycles. The summed E-state index contributed by atoms with van der Waals surface area (Å²) in [6.07, 6.45) is 13.0. The number of benzene rings is 2. The normalized spacial score (nSPS) is 11.0. The summed E-state index contributed by atoms with van der Waals surface area (Å²) in [6, 6.07) is 18.2. The van der Waals surface area contributed by atoms with Crippen LogP contribution in [0.3, 0.4) is 0 Å². The van der Waals surface area contributed by atoms with E-state index in [0.29, 0.717) is 45.6 Å². The van der Waals surface area contributed by atoms with E-state index in [0.717, 1.165) is 36.3 Å². The highest BCUT2D eigenvalue weighted by atomic mass is 16.5. The number of hydrogen-bond donors (Lipinski definition) is 1. The summed E-state index contributed by atoms with van der Waals surface area (Å²) in [7, 11) is 0. The first kappa shape index (κ1) is 30.9. The number of aliphatic hydroxyl groups excluding tert-OH is 1. The van der Waals surface area contributed by atoms with Gasteiger partial charge in [-0.15, -0.1) is 0 Å². The molecular formula is C32H49NO4. The number of aliphatic hydroxyl groups is 1. The lowest BCUT2D eigenvalue weighted by Crippen LogP contribution is -2.35. The highest BCUT2D eigenvalue weighted by Crippen LogP contribution is 2.16. The lowest BCUT2D eigenvalue weighted by atomic mass is 10.1. The van der Waals surface area contributed by atoms with Crippen LogP contribution in [-0.4, -0.2) is 48.8 Å². The van der Waals surface area contributed by atoms with Crippen LogP contribution in [0.2, 0.25) is 0 Å². The molecule has 2 aromatic carbocycles. The predicted molar refractivity (Wildman–Crippen MR) is 152 cm³/mol. The molecule has 1 N–H and O–H groups in total. The Morgan fingerprint density at radius 3 is 2.27 bits per heavy atom. The van der Waals surface area contributed by atoms with E-state index in [4.69, 9.17) is 14.6 Å². The van der Waals surface area contributed by atoms with Crippen LogP contribution < -0.4 is 4.74 Å². The molecule has 0 aliphatic carbocycles. The van der Waals surface area contributed by atoms with Crippen molar-refractivity contribution in [3.63, 3.8) is 0 Å². The second-order valence-electron chi connectivity index (χ2n) is 9.82. The highest BCUT2D eigenvalue weighted by Gasteiger charge is 2.13. The van der Waals surface area contributed by atoms with Gasteiger partial charge in [-0.25, -0.2) is 0 Å². The van der Waals surface area contributed by atoms with Crippen molar-refractivity contribution in [1.29, 1.82) is 0 Å². The van der Waals surface area contributed by atoms with Crippen molar-refractivity contribution in [1.82, 2.24) is 4.90 Å². The zero-order valence-corrected chi connectivity index (χ0v) is 23.0. The van der Waals surface area contributed by atoms with E-state index in [1.807, 2.05) is 47.4 Å². The number of amides is 1. The molecule has 0 unspecified atom stereocenters. The molecule has 0 aliphatic heterocycles. The molecule has 0 atom stereocenters. The molecule has 5 nitrogen and oxygen atoms in total. The van der Waals surface area contributed by atoms with Gasteiger partial charge in [0.15, 0.2) is 0 Å². The fourth-order valence-electron chi connectivity index (χ4n) is 4.34. The molecule has 0 radical (unpaired) electrons. The van der Waals surface area contributed by atoms with Gasteiger partial charge in [0.1, 0.15) is 5.75 Å². The van der Waals surface area contributed by atoms with Crippen LogP contribution in [0.4, 0.5) is 0 Å². The molecule has 5 heteroatoms. The lowest BCUT2D eigenvalue weighted by Gasteiger charge is -2.23. The van der Waals surface area contributed by atoms with Crippen molar-refractivity contribution in [2.24, 2.45) is 0 Å². The van der Waals surface area contributed by atoms with Gasteiger partial charge in [-0.1, -0.05) is 94.3 Å². The summed E-state index contributed by atoms with van der Waals surface area (Å²) in [5.74, 6) is 1.02. The minimum absolute atomic E-state index is 0.131. The van der Waals surface area contributed by atoms with Gasteiger partial charge in [0, 0.05) is 26.1 Å². The molecule has 0 saturated heterocycles. The van der Waals surface area contributed by atoms with Crippen LogP contribution in [0.25, 0.3) is 0 Å². The Morgan fingerprint density at radius 1 is 0.784 bits per heavy atom. The summed E-state index contributed by atoms with van der Waals surface area (Å²) < 4.78 is 11.8. The summed E-state index contributed by atoms with van der Waals surface area (Å²) in [5.41, 5.74) is 2.25. The Balaban J connectivity index is 1.69. The Kier molecular flexibility index (Phi) is 17.2. The van der Waals surface area contributed by atoms with E-state index in [1.54, 1.807) is 0 Å². The number of hydrogen-bond acceptors (Lipinski definition) is 4. The van der Waals surface area contributed by atoms with Gasteiger partial charge >= 0.3 is 0 Å². The Morgan fingerprint density at radius 2 is 1.51 bits per heavy atom. The number of nitrogens with zero attached hydrogens (tertiary/aromatic N) is 1. The summed E-state index contributed by atoms with van der Waals surface area (Å²) >= 11 is 0. The smallest absolute Gasteiger partial charge is 0.222 e. The fraction of sp³-hybridized carbons (Fsp3) is 0.594. The maximum absolute atomic E-state index is 13.0. The summed E-state index contributed by atoms with van der Waals surface area (Å²) in [6.45, 7) is 5.42. The molecule has 0 bridgehead atoms. The molecule has 0 aliphatic rings. The third-order valence-electron chi connectivity index (χ3n) is 6.60. The van der Waals surface area contributed by atoms with Crippen molar-refractivity contribution in [2.45, 2.75) is 90.6 Å². The molecule has 206 valence electrons. The van der Waals surface area contributed by atoms with Gasteiger partial charge in [0.2, 0.25) is 5.91 Å². The van der Waals surface area contributed by atoms with E-state index >= 15 is 0 Å². The molecule has 1 amide bonds. The number of ether oxygens (including phenoxy) is 2. The zero-order valence-electron chi connectivity index (χ0n) is 23.0. The minimum Gasteiger partial charge on any atom is -0.494 e. The predicted octanol–water partition coefficient (Wildman–Crippen LogP) is 6.96. The average molecular weight is 512 g/mol. The number of rotatable bonds is 22. The number of aryl methyl sites for hydroxylation is 1. The van der Waals surface area contributed by atoms with Crippen molar-refractivity contribution < 1.29 is 19.4 Å². The minimum atomic E-state index is 0.131. The van der Waals surface area contributed by atoms with Gasteiger partial charge in [-0.3, -0.25) is 4.79 Å². The van der Waals surface area contributed by atoms with Crippen LogP contribution in [0.15, 0.2) is 54.6 Å². The van der Waals surface area contributed by atoms with Gasteiger partial charge in [-0.2, -0.15) is 0 Å². The van der Waals surface area contributed by atoms with Crippen molar-refractivity contribution in [3.05, 3.63) is 65.7 Å². The first-order valence-electron chi connectivity index (χ1n) is 14.4.